The summed E-state index contributed by atoms with van der Waals surface area (Å²) in [6, 6.07) is -0.985. The Labute approximate surface area is 87.6 Å². The fourth-order valence-corrected chi connectivity index (χ4v) is 1.14. The molecule has 0 saturated carbocycles. The lowest BCUT2D eigenvalue weighted by atomic mass is 10.0. The second-order valence-electron chi connectivity index (χ2n) is 3.36. The van der Waals surface area contributed by atoms with Crippen LogP contribution in [0.4, 0.5) is 0 Å². The van der Waals surface area contributed by atoms with Gasteiger partial charge in [0.2, 0.25) is 0 Å². The van der Waals surface area contributed by atoms with Gasteiger partial charge in [0.15, 0.2) is 0 Å². The Morgan fingerprint density at radius 2 is 1.47 bits per heavy atom. The molecule has 0 radical (unpaired) electrons. The van der Waals surface area contributed by atoms with Crippen molar-refractivity contribution in [1.29, 1.82) is 0 Å². The second kappa shape index (κ2) is 7.07. The molecule has 0 rings (SSSR count). The van der Waals surface area contributed by atoms with Gasteiger partial charge in [-0.05, 0) is 6.92 Å². The minimum atomic E-state index is -1.60. The lowest BCUT2D eigenvalue weighted by Gasteiger charge is -2.29. The number of hydrogen-bond donors (Lipinski definition) is 7. The molecule has 0 amide bonds. The van der Waals surface area contributed by atoms with Crippen molar-refractivity contribution in [1.82, 2.24) is 5.32 Å². The summed E-state index contributed by atoms with van der Waals surface area (Å²) in [5.74, 6) is 0. The van der Waals surface area contributed by atoms with Crippen LogP contribution in [0.15, 0.2) is 0 Å². The van der Waals surface area contributed by atoms with E-state index in [1.807, 2.05) is 0 Å². The third-order valence-corrected chi connectivity index (χ3v) is 2.00. The zero-order valence-electron chi connectivity index (χ0n) is 8.48. The highest BCUT2D eigenvalue weighted by Crippen LogP contribution is 2.05. The van der Waals surface area contributed by atoms with E-state index in [9.17, 15) is 10.2 Å². The third-order valence-electron chi connectivity index (χ3n) is 2.00. The van der Waals surface area contributed by atoms with Gasteiger partial charge in [-0.15, -0.1) is 0 Å². The molecule has 0 spiro atoms. The molecule has 7 nitrogen and oxygen atoms in total. The van der Waals surface area contributed by atoms with Crippen LogP contribution >= 0.6 is 0 Å². The number of aliphatic hydroxyl groups excluding tert-OH is 6. The average Bonchev–Trinajstić information content (AvgIpc) is 2.22. The summed E-state index contributed by atoms with van der Waals surface area (Å²) < 4.78 is 0. The molecule has 0 aromatic carbocycles. The van der Waals surface area contributed by atoms with Gasteiger partial charge in [-0.2, -0.15) is 0 Å². The van der Waals surface area contributed by atoms with Crippen molar-refractivity contribution in [3.63, 3.8) is 0 Å². The van der Waals surface area contributed by atoms with E-state index in [1.54, 1.807) is 0 Å². The van der Waals surface area contributed by atoms with Crippen LogP contribution < -0.4 is 5.32 Å². The predicted octanol–water partition coefficient (Wildman–Crippen LogP) is -3.65. The molecular formula is C8H19NO6. The lowest BCUT2D eigenvalue weighted by molar-refractivity contribution is -0.0964. The van der Waals surface area contributed by atoms with Crippen molar-refractivity contribution in [3.8, 4) is 0 Å². The SMILES string of the molecule is C[C@@H](O)N[C@@H](CO)[C@@H](O)[C@@H](O)[C@@H](O)CO. The van der Waals surface area contributed by atoms with Crippen molar-refractivity contribution in [2.45, 2.75) is 37.5 Å². The summed E-state index contributed by atoms with van der Waals surface area (Å²) in [5, 5.41) is 56.6. The summed E-state index contributed by atoms with van der Waals surface area (Å²) in [6.07, 6.45) is -5.56. The Hall–Kier alpha value is -0.280. The number of hydrogen-bond acceptors (Lipinski definition) is 7. The Bertz CT molecular complexity index is 167. The topological polar surface area (TPSA) is 133 Å². The molecule has 0 aliphatic carbocycles. The summed E-state index contributed by atoms with van der Waals surface area (Å²) in [5.41, 5.74) is 0. The van der Waals surface area contributed by atoms with Crippen molar-refractivity contribution in [3.05, 3.63) is 0 Å². The predicted molar refractivity (Wildman–Crippen MR) is 50.8 cm³/mol. The first-order valence-electron chi connectivity index (χ1n) is 4.64. The number of rotatable bonds is 7. The lowest BCUT2D eigenvalue weighted by Crippen LogP contribution is -2.54. The van der Waals surface area contributed by atoms with Crippen LogP contribution in [0.2, 0.25) is 0 Å². The van der Waals surface area contributed by atoms with E-state index in [-0.39, 0.29) is 0 Å². The van der Waals surface area contributed by atoms with Gasteiger partial charge in [-0.3, -0.25) is 5.32 Å². The maximum Gasteiger partial charge on any atom is 0.110 e. The molecule has 0 aromatic rings. The molecular weight excluding hydrogens is 206 g/mol. The van der Waals surface area contributed by atoms with Crippen LogP contribution in [0.3, 0.4) is 0 Å². The van der Waals surface area contributed by atoms with Gasteiger partial charge < -0.3 is 30.6 Å². The van der Waals surface area contributed by atoms with Crippen LogP contribution in [0.1, 0.15) is 6.92 Å². The molecule has 15 heavy (non-hydrogen) atoms. The molecule has 0 unspecified atom stereocenters. The Morgan fingerprint density at radius 1 is 0.933 bits per heavy atom. The first-order valence-corrected chi connectivity index (χ1v) is 4.64. The van der Waals surface area contributed by atoms with E-state index in [4.69, 9.17) is 20.4 Å². The standard InChI is InChI=1S/C8H19NO6/c1-4(12)9-5(2-10)7(14)8(15)6(13)3-11/h4-15H,2-3H2,1H3/t4-,5+,6+,7-,8+/m1/s1. The van der Waals surface area contributed by atoms with Gasteiger partial charge in [0, 0.05) is 0 Å². The molecule has 0 aliphatic rings. The maximum atomic E-state index is 9.47. The Kier molecular flexibility index (Phi) is 6.94. The van der Waals surface area contributed by atoms with Gasteiger partial charge in [-0.25, -0.2) is 0 Å². The maximum absolute atomic E-state index is 9.47. The van der Waals surface area contributed by atoms with Crippen molar-refractivity contribution in [2.24, 2.45) is 0 Å². The zero-order valence-corrected chi connectivity index (χ0v) is 8.48. The van der Waals surface area contributed by atoms with Gasteiger partial charge in [0.25, 0.3) is 0 Å². The molecule has 7 heteroatoms. The van der Waals surface area contributed by atoms with Gasteiger partial charge in [0.05, 0.1) is 19.3 Å². The molecule has 92 valence electrons. The Morgan fingerprint density at radius 3 is 1.80 bits per heavy atom. The molecule has 0 bridgehead atoms. The average molecular weight is 225 g/mol. The second-order valence-corrected chi connectivity index (χ2v) is 3.36. The molecule has 0 fully saturated rings. The van der Waals surface area contributed by atoms with Gasteiger partial charge in [-0.1, -0.05) is 0 Å². The molecule has 5 atom stereocenters. The zero-order chi connectivity index (χ0) is 12.0. The van der Waals surface area contributed by atoms with Crippen LogP contribution in [0.25, 0.3) is 0 Å². The minimum Gasteiger partial charge on any atom is -0.395 e. The van der Waals surface area contributed by atoms with Crippen molar-refractivity contribution < 1.29 is 30.6 Å². The van der Waals surface area contributed by atoms with E-state index < -0.39 is 43.8 Å². The molecule has 0 saturated heterocycles. The van der Waals surface area contributed by atoms with E-state index in [0.29, 0.717) is 0 Å². The molecule has 0 aromatic heterocycles. The fourth-order valence-electron chi connectivity index (χ4n) is 1.14. The molecule has 0 aliphatic heterocycles. The van der Waals surface area contributed by atoms with E-state index >= 15 is 0 Å². The van der Waals surface area contributed by atoms with Gasteiger partial charge >= 0.3 is 0 Å². The minimum absolute atomic E-state index is 0.527. The third kappa shape index (κ3) is 4.85. The van der Waals surface area contributed by atoms with Crippen molar-refractivity contribution >= 4 is 0 Å². The number of nitrogens with one attached hydrogen (secondary N) is 1. The molecule has 0 heterocycles. The number of aliphatic hydroxyl groups is 6. The summed E-state index contributed by atoms with van der Waals surface area (Å²) in [7, 11) is 0. The van der Waals surface area contributed by atoms with Gasteiger partial charge in [0.1, 0.15) is 24.5 Å². The summed E-state index contributed by atoms with van der Waals surface area (Å²) in [4.78, 5) is 0. The molecule has 7 N–H and O–H groups in total. The summed E-state index contributed by atoms with van der Waals surface area (Å²) >= 11 is 0. The van der Waals surface area contributed by atoms with Crippen LogP contribution in [-0.4, -0.2) is 74.4 Å². The first kappa shape index (κ1) is 14.7. The van der Waals surface area contributed by atoms with Crippen LogP contribution in [-0.2, 0) is 0 Å². The van der Waals surface area contributed by atoms with Crippen molar-refractivity contribution in [2.75, 3.05) is 13.2 Å². The van der Waals surface area contributed by atoms with Crippen LogP contribution in [0, 0.1) is 0 Å². The highest BCUT2D eigenvalue weighted by molar-refractivity contribution is 4.85. The Balaban J connectivity index is 4.29. The fraction of sp³-hybridized carbons (Fsp3) is 1.00. The normalized spacial score (nSPS) is 21.8. The summed E-state index contributed by atoms with van der Waals surface area (Å²) in [6.45, 7) is 0.149. The van der Waals surface area contributed by atoms with E-state index in [1.165, 1.54) is 6.92 Å². The highest BCUT2D eigenvalue weighted by atomic mass is 16.4. The monoisotopic (exact) mass is 225 g/mol. The highest BCUT2D eigenvalue weighted by Gasteiger charge is 2.31. The smallest absolute Gasteiger partial charge is 0.110 e. The quantitative estimate of drug-likeness (QED) is 0.222. The van der Waals surface area contributed by atoms with E-state index in [0.717, 1.165) is 0 Å². The largest absolute Gasteiger partial charge is 0.395 e. The van der Waals surface area contributed by atoms with E-state index in [2.05, 4.69) is 5.32 Å². The first-order chi connectivity index (χ1) is 6.93. The van der Waals surface area contributed by atoms with Crippen LogP contribution in [0.5, 0.6) is 0 Å².